The number of aliphatic imine (C=N–C) groups is 1. The minimum absolute atomic E-state index is 0. The number of aliphatic hydroxyl groups is 1. The Kier molecular flexibility index (Phi) is 7.29. The maximum absolute atomic E-state index is 9.79. The highest BCUT2D eigenvalue weighted by atomic mass is 127. The molecule has 5 heteroatoms. The number of aliphatic hydroxyl groups excluding tert-OH is 1. The summed E-state index contributed by atoms with van der Waals surface area (Å²) in [6.45, 7) is 6.05. The number of hydrogen-bond donors (Lipinski definition) is 2. The standard InChI is InChI=1S/C13H25N3O.HI/c1-2-14-13(16-8-3-4-9-16)15-10-11-6-5-7-12(11)17;/h11-12,17H,2-10H2,1H3,(H,14,15);1H. The Bertz CT molecular complexity index is 267. The summed E-state index contributed by atoms with van der Waals surface area (Å²) in [5, 5.41) is 13.2. The fourth-order valence-corrected chi connectivity index (χ4v) is 2.79. The zero-order valence-corrected chi connectivity index (χ0v) is 13.6. The lowest BCUT2D eigenvalue weighted by atomic mass is 10.1. The average Bonchev–Trinajstić information content (AvgIpc) is 2.96. The van der Waals surface area contributed by atoms with E-state index in [0.29, 0.717) is 5.92 Å². The van der Waals surface area contributed by atoms with Crippen molar-refractivity contribution < 1.29 is 5.11 Å². The van der Waals surface area contributed by atoms with Crippen LogP contribution in [-0.2, 0) is 0 Å². The van der Waals surface area contributed by atoms with Gasteiger partial charge in [-0.1, -0.05) is 6.42 Å². The number of likely N-dealkylation sites (tertiary alicyclic amines) is 1. The summed E-state index contributed by atoms with van der Waals surface area (Å²) < 4.78 is 0. The first-order valence-electron chi connectivity index (χ1n) is 7.02. The molecule has 2 rings (SSSR count). The summed E-state index contributed by atoms with van der Waals surface area (Å²) >= 11 is 0. The van der Waals surface area contributed by atoms with Gasteiger partial charge in [0.2, 0.25) is 0 Å². The number of halogens is 1. The van der Waals surface area contributed by atoms with Crippen LogP contribution in [0, 0.1) is 5.92 Å². The van der Waals surface area contributed by atoms with E-state index in [9.17, 15) is 5.11 Å². The van der Waals surface area contributed by atoms with Crippen molar-refractivity contribution in [3.8, 4) is 0 Å². The van der Waals surface area contributed by atoms with Crippen molar-refractivity contribution in [3.05, 3.63) is 0 Å². The van der Waals surface area contributed by atoms with E-state index in [2.05, 4.69) is 17.1 Å². The summed E-state index contributed by atoms with van der Waals surface area (Å²) in [7, 11) is 0. The molecule has 0 amide bonds. The van der Waals surface area contributed by atoms with Crippen molar-refractivity contribution in [2.45, 2.75) is 45.1 Å². The second kappa shape index (κ2) is 8.19. The van der Waals surface area contributed by atoms with Gasteiger partial charge in [0.05, 0.1) is 6.10 Å². The number of rotatable bonds is 3. The van der Waals surface area contributed by atoms with Crippen LogP contribution in [0.5, 0.6) is 0 Å². The molecule has 1 aliphatic heterocycles. The SMILES string of the molecule is CCNC(=NCC1CCCC1O)N1CCCC1.I. The first-order valence-corrected chi connectivity index (χ1v) is 7.02. The minimum Gasteiger partial charge on any atom is -0.393 e. The van der Waals surface area contributed by atoms with Crippen molar-refractivity contribution in [1.29, 1.82) is 0 Å². The maximum atomic E-state index is 9.79. The van der Waals surface area contributed by atoms with Crippen molar-refractivity contribution in [2.24, 2.45) is 10.9 Å². The normalized spacial score (nSPS) is 28.3. The van der Waals surface area contributed by atoms with Crippen LogP contribution in [0.25, 0.3) is 0 Å². The molecule has 0 aromatic rings. The number of hydrogen-bond acceptors (Lipinski definition) is 2. The molecule has 1 saturated heterocycles. The number of nitrogens with one attached hydrogen (secondary N) is 1. The van der Waals surface area contributed by atoms with E-state index >= 15 is 0 Å². The minimum atomic E-state index is -0.125. The quantitative estimate of drug-likeness (QED) is 0.455. The van der Waals surface area contributed by atoms with E-state index in [1.807, 2.05) is 0 Å². The lowest BCUT2D eigenvalue weighted by molar-refractivity contribution is 0.136. The van der Waals surface area contributed by atoms with Crippen molar-refractivity contribution in [2.75, 3.05) is 26.2 Å². The van der Waals surface area contributed by atoms with Crippen LogP contribution in [0.3, 0.4) is 0 Å². The monoisotopic (exact) mass is 367 g/mol. The smallest absolute Gasteiger partial charge is 0.193 e. The van der Waals surface area contributed by atoms with E-state index < -0.39 is 0 Å². The predicted molar refractivity (Wildman–Crippen MR) is 85.5 cm³/mol. The van der Waals surface area contributed by atoms with E-state index in [1.165, 1.54) is 12.8 Å². The topological polar surface area (TPSA) is 47.9 Å². The van der Waals surface area contributed by atoms with Gasteiger partial charge in [-0.25, -0.2) is 0 Å². The molecule has 0 spiro atoms. The second-order valence-corrected chi connectivity index (χ2v) is 5.15. The first-order chi connectivity index (χ1) is 8.31. The third-order valence-corrected chi connectivity index (χ3v) is 3.84. The van der Waals surface area contributed by atoms with Crippen LogP contribution in [0.4, 0.5) is 0 Å². The number of nitrogens with zero attached hydrogens (tertiary/aromatic N) is 2. The van der Waals surface area contributed by atoms with Crippen LogP contribution in [0.15, 0.2) is 4.99 Å². The highest BCUT2D eigenvalue weighted by Crippen LogP contribution is 2.25. The molecule has 18 heavy (non-hydrogen) atoms. The fourth-order valence-electron chi connectivity index (χ4n) is 2.79. The molecule has 1 aliphatic carbocycles. The van der Waals surface area contributed by atoms with Crippen LogP contribution in [0.2, 0.25) is 0 Å². The first kappa shape index (κ1) is 16.0. The molecule has 2 fully saturated rings. The lowest BCUT2D eigenvalue weighted by Crippen LogP contribution is -2.40. The van der Waals surface area contributed by atoms with Gasteiger partial charge in [-0.2, -0.15) is 0 Å². The summed E-state index contributed by atoms with van der Waals surface area (Å²) in [5.74, 6) is 1.43. The number of guanidine groups is 1. The average molecular weight is 367 g/mol. The van der Waals surface area contributed by atoms with Gasteiger partial charge in [-0.15, -0.1) is 24.0 Å². The summed E-state index contributed by atoms with van der Waals surface area (Å²) in [5.41, 5.74) is 0. The van der Waals surface area contributed by atoms with Gasteiger partial charge in [0.25, 0.3) is 0 Å². The molecule has 0 aromatic heterocycles. The van der Waals surface area contributed by atoms with Gasteiger partial charge in [-0.05, 0) is 32.6 Å². The molecule has 4 nitrogen and oxygen atoms in total. The van der Waals surface area contributed by atoms with Crippen LogP contribution < -0.4 is 5.32 Å². The molecule has 2 atom stereocenters. The molecule has 0 aromatic carbocycles. The summed E-state index contributed by atoms with van der Waals surface area (Å²) in [6, 6.07) is 0. The molecule has 1 saturated carbocycles. The molecule has 2 aliphatic rings. The molecule has 0 radical (unpaired) electrons. The lowest BCUT2D eigenvalue weighted by Gasteiger charge is -2.21. The highest BCUT2D eigenvalue weighted by Gasteiger charge is 2.25. The van der Waals surface area contributed by atoms with Crippen LogP contribution >= 0.6 is 24.0 Å². The van der Waals surface area contributed by atoms with E-state index in [1.54, 1.807) is 0 Å². The Morgan fingerprint density at radius 1 is 1.28 bits per heavy atom. The Labute approximate surface area is 127 Å². The fraction of sp³-hybridized carbons (Fsp3) is 0.923. The molecule has 1 heterocycles. The van der Waals surface area contributed by atoms with E-state index in [4.69, 9.17) is 4.99 Å². The van der Waals surface area contributed by atoms with Gasteiger partial charge >= 0.3 is 0 Å². The Hall–Kier alpha value is -0.0400. The Morgan fingerprint density at radius 2 is 2.00 bits per heavy atom. The molecule has 2 unspecified atom stereocenters. The Balaban J connectivity index is 0.00000162. The van der Waals surface area contributed by atoms with Crippen molar-refractivity contribution >= 4 is 29.9 Å². The van der Waals surface area contributed by atoms with Gasteiger partial charge in [-0.3, -0.25) is 4.99 Å². The van der Waals surface area contributed by atoms with Gasteiger partial charge < -0.3 is 15.3 Å². The van der Waals surface area contributed by atoms with Crippen LogP contribution in [0.1, 0.15) is 39.0 Å². The Morgan fingerprint density at radius 3 is 2.56 bits per heavy atom. The molecule has 2 N–H and O–H groups in total. The predicted octanol–water partition coefficient (Wildman–Crippen LogP) is 1.83. The van der Waals surface area contributed by atoms with Crippen molar-refractivity contribution in [1.82, 2.24) is 10.2 Å². The van der Waals surface area contributed by atoms with Gasteiger partial charge in [0.15, 0.2) is 5.96 Å². The van der Waals surface area contributed by atoms with Crippen molar-refractivity contribution in [3.63, 3.8) is 0 Å². The molecule has 0 bridgehead atoms. The summed E-state index contributed by atoms with van der Waals surface area (Å²) in [6.07, 6.45) is 5.67. The third-order valence-electron chi connectivity index (χ3n) is 3.84. The van der Waals surface area contributed by atoms with Gasteiger partial charge in [0, 0.05) is 32.1 Å². The van der Waals surface area contributed by atoms with Gasteiger partial charge in [0.1, 0.15) is 0 Å². The zero-order valence-electron chi connectivity index (χ0n) is 11.3. The molecular weight excluding hydrogens is 341 g/mol. The molecular formula is C13H26IN3O. The molecule has 106 valence electrons. The largest absolute Gasteiger partial charge is 0.393 e. The maximum Gasteiger partial charge on any atom is 0.193 e. The zero-order chi connectivity index (χ0) is 12.1. The van der Waals surface area contributed by atoms with E-state index in [0.717, 1.165) is 51.4 Å². The summed E-state index contributed by atoms with van der Waals surface area (Å²) in [4.78, 5) is 7.04. The van der Waals surface area contributed by atoms with Crippen LogP contribution in [-0.4, -0.2) is 48.2 Å². The highest BCUT2D eigenvalue weighted by molar-refractivity contribution is 14.0. The van der Waals surface area contributed by atoms with E-state index in [-0.39, 0.29) is 30.1 Å². The second-order valence-electron chi connectivity index (χ2n) is 5.15. The third kappa shape index (κ3) is 4.26.